The van der Waals surface area contributed by atoms with Crippen molar-refractivity contribution in [3.8, 4) is 89.5 Å². The van der Waals surface area contributed by atoms with Crippen LogP contribution in [-0.2, 0) is 41.0 Å². The highest BCUT2D eigenvalue weighted by molar-refractivity contribution is 5.74. The second-order valence-electron chi connectivity index (χ2n) is 35.0. The van der Waals surface area contributed by atoms with Gasteiger partial charge in [-0.1, -0.05) is 293 Å². The molecule has 0 spiro atoms. The van der Waals surface area contributed by atoms with E-state index in [0.717, 1.165) is 72.0 Å². The standard InChI is InChI=1S/C31H38N.C30H36N.2C26H32N/c1-23-8-6-7-11-30(23)31-22-29(20-21-32(31)2)28-18-16-27(17-19-28)26-14-12-25(13-15-26)24-9-4-3-5-10-24;1-22-7-3-6-10-29(22)30-21-28(19-20-31(30)2)27-17-15-26(16-18-27)25-13-11-24(12-14-25)23-8-4-5-9-23;2*1-4-5-6-7-8-12-22-14-16-23(17-15-22)24-18-19-27(3)26(20-24)25-13-10-9-11-21(25)2/h6-8,11,16-22,24-26H,3-5,9-10,12-15H2,1-2H3;3,6-7,10,15-21,23-25H,4-5,8-9,11-14H2,1-2H3;2*9-11,13-20H,4-8,12H2,1-3H3/q4*+1/i26D;;12D2;. The topological polar surface area (TPSA) is 15.5 Å². The fraction of sp³-hybridized carbons (Fsp3) is 0.398. The summed E-state index contributed by atoms with van der Waals surface area (Å²) in [5.41, 5.74) is 30.1. The van der Waals surface area contributed by atoms with Gasteiger partial charge in [0.25, 0.3) is 0 Å². The Morgan fingerprint density at radius 1 is 0.282 bits per heavy atom. The van der Waals surface area contributed by atoms with Crippen LogP contribution in [0.1, 0.15) is 248 Å². The molecule has 4 nitrogen and oxygen atoms in total. The van der Waals surface area contributed by atoms with Crippen molar-refractivity contribution in [3.05, 3.63) is 312 Å². The first-order valence-corrected chi connectivity index (χ1v) is 45.5. The second-order valence-corrected chi connectivity index (χ2v) is 35.0. The van der Waals surface area contributed by atoms with Gasteiger partial charge in [-0.15, -0.1) is 0 Å². The molecule has 0 saturated heterocycles. The molecule has 0 aliphatic heterocycles. The molecule has 12 aromatic rings. The maximum atomic E-state index is 9.24. The Labute approximate surface area is 710 Å². The van der Waals surface area contributed by atoms with E-state index >= 15 is 0 Å². The van der Waals surface area contributed by atoms with Gasteiger partial charge >= 0.3 is 0 Å². The molecule has 4 aliphatic carbocycles. The minimum absolute atomic E-state index is 0.404. The second kappa shape index (κ2) is 43.2. The Balaban J connectivity index is 0.000000139. The minimum atomic E-state index is -1.26. The molecular weight excluding hydrogens is 1410 g/mol. The van der Waals surface area contributed by atoms with Crippen LogP contribution in [0.3, 0.4) is 0 Å². The summed E-state index contributed by atoms with van der Waals surface area (Å²) >= 11 is 0. The van der Waals surface area contributed by atoms with Gasteiger partial charge < -0.3 is 0 Å². The lowest BCUT2D eigenvalue weighted by Crippen LogP contribution is -2.30. The monoisotopic (exact) mass is 1550 g/mol. The SMILES string of the molecule is CCCCCCCc1ccc(-c2cc[n+](C)c(-c3ccccc3C)c2)cc1.Cc1ccccc1-c1cc(-c2ccc(C3CCC(C4CCCC4)CC3)cc2)cc[n+]1C.[2H]C([2H])(CCCCCC)c1ccc(-c2cc[n+](C)c(-c3ccccc3C)c2)cc1.[2H]C1(c2ccc(-c3cc[n+](C)c(-c4ccccc4C)c3)cc2)CCC(C2CCCCC2)CC1. The van der Waals surface area contributed by atoms with Crippen LogP contribution in [-0.4, -0.2) is 0 Å². The molecule has 0 bridgehead atoms. The smallest absolute Gasteiger partial charge is 0.201 e. The van der Waals surface area contributed by atoms with Crippen molar-refractivity contribution < 1.29 is 22.4 Å². The van der Waals surface area contributed by atoms with Crippen molar-refractivity contribution in [3.63, 3.8) is 0 Å². The zero-order chi connectivity index (χ0) is 84.0. The average Bonchev–Trinajstić information content (AvgIpc) is 0.931. The predicted octanol–water partition coefficient (Wildman–Crippen LogP) is 29.0. The van der Waals surface area contributed by atoms with E-state index in [1.807, 2.05) is 12.1 Å². The van der Waals surface area contributed by atoms with Crippen LogP contribution in [0, 0.1) is 51.4 Å². The Bertz CT molecular complexity index is 5220. The lowest BCUT2D eigenvalue weighted by Gasteiger charge is -2.36. The van der Waals surface area contributed by atoms with Gasteiger partial charge in [0.15, 0.2) is 24.8 Å². The normalized spacial score (nSPS) is 18.0. The molecule has 0 atom stereocenters. The van der Waals surface area contributed by atoms with Crippen LogP contribution in [0.15, 0.2) is 267 Å². The van der Waals surface area contributed by atoms with Crippen molar-refractivity contribution in [1.29, 1.82) is 0 Å². The predicted molar refractivity (Wildman–Crippen MR) is 496 cm³/mol. The first kappa shape index (κ1) is 81.1. The van der Waals surface area contributed by atoms with Crippen molar-refractivity contribution >= 4 is 0 Å². The summed E-state index contributed by atoms with van der Waals surface area (Å²) in [4.78, 5) is 0. The molecule has 0 N–H and O–H groups in total. The van der Waals surface area contributed by atoms with Crippen LogP contribution in [0.4, 0.5) is 0 Å². The molecule has 606 valence electrons. The fourth-order valence-corrected chi connectivity index (χ4v) is 19.4. The third kappa shape index (κ3) is 23.2. The summed E-state index contributed by atoms with van der Waals surface area (Å²) < 4.78 is 34.9. The van der Waals surface area contributed by atoms with Crippen LogP contribution in [0.2, 0.25) is 0 Å². The molecule has 16 rings (SSSR count). The molecule has 0 unspecified atom stereocenters. The maximum Gasteiger partial charge on any atom is 0.213 e. The first-order chi connectivity index (χ1) is 58.3. The number of nitrogens with zero attached hydrogens (tertiary/aromatic N) is 4. The Kier molecular flexibility index (Phi) is 29.9. The molecule has 4 saturated carbocycles. The number of pyridine rings is 4. The molecule has 0 radical (unpaired) electrons. The van der Waals surface area contributed by atoms with Gasteiger partial charge in [-0.3, -0.25) is 0 Å². The Morgan fingerprint density at radius 3 is 0.940 bits per heavy atom. The van der Waals surface area contributed by atoms with Gasteiger partial charge in [0.1, 0.15) is 28.2 Å². The summed E-state index contributed by atoms with van der Waals surface area (Å²) in [7, 11) is 8.44. The number of benzene rings is 8. The van der Waals surface area contributed by atoms with Crippen molar-refractivity contribution in [1.82, 2.24) is 0 Å². The van der Waals surface area contributed by atoms with Crippen LogP contribution < -0.4 is 18.3 Å². The third-order valence-corrected chi connectivity index (χ3v) is 26.8. The molecule has 0 amide bonds. The van der Waals surface area contributed by atoms with Crippen molar-refractivity contribution in [2.24, 2.45) is 51.9 Å². The van der Waals surface area contributed by atoms with Gasteiger partial charge in [-0.25, -0.2) is 18.3 Å². The maximum absolute atomic E-state index is 9.24. The third-order valence-electron chi connectivity index (χ3n) is 26.8. The quantitative estimate of drug-likeness (QED) is 0.0423. The number of hydrogen-bond acceptors (Lipinski definition) is 0. The van der Waals surface area contributed by atoms with E-state index < -0.39 is 12.3 Å². The molecule has 8 aromatic carbocycles. The highest BCUT2D eigenvalue weighted by Crippen LogP contribution is 2.46. The Morgan fingerprint density at radius 2 is 0.581 bits per heavy atom. The van der Waals surface area contributed by atoms with E-state index in [-0.39, 0.29) is 0 Å². The number of aryl methyl sites for hydroxylation is 10. The van der Waals surface area contributed by atoms with Crippen LogP contribution >= 0.6 is 0 Å². The van der Waals surface area contributed by atoms with Gasteiger partial charge in [0.2, 0.25) is 22.8 Å². The van der Waals surface area contributed by atoms with Crippen molar-refractivity contribution in [2.75, 3.05) is 0 Å². The summed E-state index contributed by atoms with van der Waals surface area (Å²) in [6, 6.07) is 87.8. The molecule has 4 aliphatic rings. The van der Waals surface area contributed by atoms with E-state index in [2.05, 4.69) is 343 Å². The lowest BCUT2D eigenvalue weighted by atomic mass is 9.70. The van der Waals surface area contributed by atoms with Gasteiger partial charge in [0.05, 0.1) is 0 Å². The number of unbranched alkanes of at least 4 members (excludes halogenated alkanes) is 7. The largest absolute Gasteiger partial charge is 0.213 e. The number of aromatic nitrogens is 4. The zero-order valence-corrected chi connectivity index (χ0v) is 72.9. The van der Waals surface area contributed by atoms with E-state index in [4.69, 9.17) is 2.74 Å². The first-order valence-electron chi connectivity index (χ1n) is 47.0. The summed E-state index contributed by atoms with van der Waals surface area (Å²) in [6.45, 7) is 13.1. The van der Waals surface area contributed by atoms with Gasteiger partial charge in [-0.2, -0.15) is 0 Å². The molecular formula is C113H138N4+4. The molecule has 117 heavy (non-hydrogen) atoms. The Hall–Kier alpha value is -9.64. The van der Waals surface area contributed by atoms with E-state index in [1.54, 1.807) is 5.56 Å². The van der Waals surface area contributed by atoms with Crippen LogP contribution in [0.25, 0.3) is 89.5 Å². The number of rotatable bonds is 24. The molecule has 4 fully saturated rings. The zero-order valence-electron chi connectivity index (χ0n) is 75.9. The summed E-state index contributed by atoms with van der Waals surface area (Å²) in [5, 5.41) is 0. The van der Waals surface area contributed by atoms with Crippen LogP contribution in [0.5, 0.6) is 0 Å². The number of hydrogen-bond donors (Lipinski definition) is 0. The van der Waals surface area contributed by atoms with Gasteiger partial charge in [-0.05, 0) is 253 Å². The van der Waals surface area contributed by atoms with E-state index in [1.165, 1.54) is 259 Å². The lowest BCUT2D eigenvalue weighted by molar-refractivity contribution is -0.660. The summed E-state index contributed by atoms with van der Waals surface area (Å²) in [6.07, 6.45) is 43.6. The van der Waals surface area contributed by atoms with Gasteiger partial charge in [0, 0.05) is 74.9 Å². The highest BCUT2D eigenvalue weighted by atomic mass is 14.9. The van der Waals surface area contributed by atoms with Crippen molar-refractivity contribution in [2.45, 2.75) is 240 Å². The van der Waals surface area contributed by atoms with E-state index in [9.17, 15) is 1.37 Å². The highest BCUT2D eigenvalue weighted by Gasteiger charge is 2.32. The average molecular weight is 1560 g/mol. The molecule has 4 heteroatoms. The summed E-state index contributed by atoms with van der Waals surface area (Å²) in [5.74, 6) is 4.23. The molecule has 4 heterocycles. The molecule has 4 aromatic heterocycles. The fourth-order valence-electron chi connectivity index (χ4n) is 19.4. The van der Waals surface area contributed by atoms with E-state index in [0.29, 0.717) is 6.42 Å². The minimum Gasteiger partial charge on any atom is -0.201 e.